The van der Waals surface area contributed by atoms with Crippen LogP contribution in [0.15, 0.2) is 66.7 Å². The minimum absolute atomic E-state index is 0.284. The Morgan fingerprint density at radius 2 is 1.62 bits per heavy atom. The third-order valence-electron chi connectivity index (χ3n) is 5.91. The summed E-state index contributed by atoms with van der Waals surface area (Å²) in [5.74, 6) is 0. The van der Waals surface area contributed by atoms with Gasteiger partial charge in [-0.3, -0.25) is 0 Å². The Balaban J connectivity index is 1.78. The molecule has 0 spiro atoms. The fraction of sp³-hybridized carbons (Fsp3) is 0.333. The Kier molecular flexibility index (Phi) is 5.12. The van der Waals surface area contributed by atoms with Gasteiger partial charge in [-0.15, -0.1) is 0 Å². The van der Waals surface area contributed by atoms with Crippen LogP contribution in [-0.4, -0.2) is 15.3 Å². The maximum atomic E-state index is 2.68. The van der Waals surface area contributed by atoms with Crippen LogP contribution in [0.25, 0.3) is 10.8 Å². The summed E-state index contributed by atoms with van der Waals surface area (Å²) in [6, 6.07) is 27.3. The van der Waals surface area contributed by atoms with Crippen molar-refractivity contribution in [1.82, 2.24) is 0 Å². The summed E-state index contributed by atoms with van der Waals surface area (Å²) in [6.45, 7) is 7.03. The van der Waals surface area contributed by atoms with Crippen molar-refractivity contribution in [3.8, 4) is 0 Å². The van der Waals surface area contributed by atoms with Crippen molar-refractivity contribution in [1.29, 1.82) is 0 Å². The highest BCUT2D eigenvalue weighted by atomic mass is 28.3. The van der Waals surface area contributed by atoms with Crippen LogP contribution < -0.4 is 4.90 Å². The average Bonchev–Trinajstić information content (AvgIpc) is 2.69. The zero-order valence-electron chi connectivity index (χ0n) is 15.9. The van der Waals surface area contributed by atoms with Crippen molar-refractivity contribution in [2.45, 2.75) is 44.4 Å². The monoisotopic (exact) mass is 358 g/mol. The van der Waals surface area contributed by atoms with E-state index in [0.717, 1.165) is 12.1 Å². The highest BCUT2D eigenvalue weighted by molar-refractivity contribution is 6.60. The molecule has 2 heteroatoms. The molecule has 0 fully saturated rings. The number of benzene rings is 3. The molecule has 1 nitrogen and oxygen atoms in total. The lowest BCUT2D eigenvalue weighted by Gasteiger charge is -2.39. The van der Waals surface area contributed by atoms with Crippen molar-refractivity contribution in [2.24, 2.45) is 0 Å². The first-order valence-electron chi connectivity index (χ1n) is 9.94. The van der Waals surface area contributed by atoms with E-state index in [2.05, 4.69) is 85.5 Å². The lowest BCUT2D eigenvalue weighted by Crippen LogP contribution is -2.38. The lowest BCUT2D eigenvalue weighted by atomic mass is 9.95. The van der Waals surface area contributed by atoms with Crippen LogP contribution in [-0.2, 0) is 13.0 Å². The smallest absolute Gasteiger partial charge is 0.0530 e. The van der Waals surface area contributed by atoms with Gasteiger partial charge in [0.25, 0.3) is 0 Å². The van der Waals surface area contributed by atoms with Gasteiger partial charge in [-0.2, -0.15) is 0 Å². The fourth-order valence-corrected chi connectivity index (χ4v) is 7.22. The van der Waals surface area contributed by atoms with Crippen LogP contribution >= 0.6 is 0 Å². The molecular weight excluding hydrogens is 330 g/mol. The van der Waals surface area contributed by atoms with Gasteiger partial charge in [-0.1, -0.05) is 92.7 Å². The fourth-order valence-electron chi connectivity index (χ4n) is 4.57. The van der Waals surface area contributed by atoms with Crippen LogP contribution in [0.4, 0.5) is 5.69 Å². The Hall–Kier alpha value is -2.06. The van der Waals surface area contributed by atoms with E-state index in [0.29, 0.717) is 0 Å². The van der Waals surface area contributed by atoms with E-state index in [4.69, 9.17) is 0 Å². The Bertz CT molecular complexity index is 870. The lowest BCUT2D eigenvalue weighted by molar-refractivity contribution is 0.678. The van der Waals surface area contributed by atoms with Gasteiger partial charge in [-0.25, -0.2) is 0 Å². The van der Waals surface area contributed by atoms with Gasteiger partial charge in [0.1, 0.15) is 0 Å². The van der Waals surface area contributed by atoms with Gasteiger partial charge >= 0.3 is 0 Å². The Morgan fingerprint density at radius 3 is 2.38 bits per heavy atom. The maximum Gasteiger partial charge on any atom is 0.0530 e. The van der Waals surface area contributed by atoms with Crippen LogP contribution in [0.5, 0.6) is 0 Å². The molecule has 0 aliphatic carbocycles. The molecule has 133 valence electrons. The van der Waals surface area contributed by atoms with Gasteiger partial charge in [0.15, 0.2) is 0 Å². The Morgan fingerprint density at radius 1 is 0.885 bits per heavy atom. The number of hydrogen-bond acceptors (Lipinski definition) is 1. The van der Waals surface area contributed by atoms with Crippen LogP contribution in [0.1, 0.15) is 25.0 Å². The van der Waals surface area contributed by atoms with Gasteiger partial charge in [-0.05, 0) is 28.5 Å². The van der Waals surface area contributed by atoms with E-state index >= 15 is 0 Å². The number of anilines is 1. The SMILES string of the molecule is CC[Si](CC)C1Cc2ccc3ccccc3c2N(Cc2ccccc2)C1. The molecule has 1 aliphatic rings. The molecule has 26 heavy (non-hydrogen) atoms. The molecule has 0 saturated heterocycles. The van der Waals surface area contributed by atoms with E-state index in [1.807, 2.05) is 0 Å². The van der Waals surface area contributed by atoms with Crippen LogP contribution in [0.3, 0.4) is 0 Å². The van der Waals surface area contributed by atoms with Gasteiger partial charge in [0.05, 0.1) is 8.80 Å². The number of fused-ring (bicyclic) bond motifs is 3. The minimum Gasteiger partial charge on any atom is -0.366 e. The quantitative estimate of drug-likeness (QED) is 0.483. The second kappa shape index (κ2) is 7.67. The minimum atomic E-state index is -0.284. The van der Waals surface area contributed by atoms with E-state index < -0.39 is 0 Å². The molecule has 0 amide bonds. The predicted octanol–water partition coefficient (Wildman–Crippen LogP) is 6.31. The van der Waals surface area contributed by atoms with Crippen molar-refractivity contribution in [3.05, 3.63) is 77.9 Å². The first-order valence-corrected chi connectivity index (χ1v) is 11.9. The van der Waals surface area contributed by atoms with E-state index in [1.54, 1.807) is 5.56 Å². The molecule has 1 unspecified atom stereocenters. The average molecular weight is 359 g/mol. The second-order valence-electron chi connectivity index (χ2n) is 7.43. The second-order valence-corrected chi connectivity index (χ2v) is 11.0. The molecule has 4 rings (SSSR count). The maximum absolute atomic E-state index is 2.68. The summed E-state index contributed by atoms with van der Waals surface area (Å²) >= 11 is 0. The number of nitrogens with zero attached hydrogens (tertiary/aromatic N) is 1. The van der Waals surface area contributed by atoms with Crippen molar-refractivity contribution in [2.75, 3.05) is 11.4 Å². The van der Waals surface area contributed by atoms with Crippen LogP contribution in [0.2, 0.25) is 17.6 Å². The summed E-state index contributed by atoms with van der Waals surface area (Å²) in [6.07, 6.45) is 1.27. The molecule has 1 heterocycles. The summed E-state index contributed by atoms with van der Waals surface area (Å²) in [5.41, 5.74) is 5.30. The van der Waals surface area contributed by atoms with Crippen molar-refractivity contribution in [3.63, 3.8) is 0 Å². The molecule has 1 radical (unpaired) electrons. The topological polar surface area (TPSA) is 3.24 Å². The normalized spacial score (nSPS) is 16.9. The van der Waals surface area contributed by atoms with Gasteiger partial charge in [0, 0.05) is 24.2 Å². The van der Waals surface area contributed by atoms with Gasteiger partial charge in [0.2, 0.25) is 0 Å². The van der Waals surface area contributed by atoms with E-state index in [-0.39, 0.29) is 8.80 Å². The van der Waals surface area contributed by atoms with Crippen molar-refractivity contribution < 1.29 is 0 Å². The summed E-state index contributed by atoms with van der Waals surface area (Å²) in [4.78, 5) is 2.68. The molecule has 1 atom stereocenters. The number of rotatable bonds is 5. The standard InChI is InChI=1S/C24H28NSi/c1-3-26(4-2)22-16-21-15-14-20-12-8-9-13-23(20)24(21)25(18-22)17-19-10-6-5-7-11-19/h5-15,22H,3-4,16-18H2,1-2H3. The largest absolute Gasteiger partial charge is 0.366 e. The predicted molar refractivity (Wildman–Crippen MR) is 116 cm³/mol. The summed E-state index contributed by atoms with van der Waals surface area (Å²) < 4.78 is 0. The van der Waals surface area contributed by atoms with E-state index in [9.17, 15) is 0 Å². The van der Waals surface area contributed by atoms with E-state index in [1.165, 1.54) is 47.1 Å². The third kappa shape index (κ3) is 3.31. The molecule has 3 aromatic carbocycles. The first-order chi connectivity index (χ1) is 12.8. The highest BCUT2D eigenvalue weighted by Crippen LogP contribution is 2.40. The summed E-state index contributed by atoms with van der Waals surface area (Å²) in [7, 11) is -0.284. The molecule has 0 saturated carbocycles. The molecule has 3 aromatic rings. The Labute approximate surface area is 159 Å². The molecular formula is C24H28NSi. The molecule has 1 aliphatic heterocycles. The van der Waals surface area contributed by atoms with Crippen LogP contribution in [0, 0.1) is 0 Å². The highest BCUT2D eigenvalue weighted by Gasteiger charge is 2.30. The first kappa shape index (κ1) is 17.4. The molecule has 0 aromatic heterocycles. The zero-order chi connectivity index (χ0) is 17.9. The molecule has 0 bridgehead atoms. The van der Waals surface area contributed by atoms with Crippen molar-refractivity contribution >= 4 is 25.3 Å². The van der Waals surface area contributed by atoms with Gasteiger partial charge < -0.3 is 4.90 Å². The third-order valence-corrected chi connectivity index (χ3v) is 9.27. The molecule has 0 N–H and O–H groups in total. The summed E-state index contributed by atoms with van der Waals surface area (Å²) in [5, 5.41) is 2.78. The number of hydrogen-bond donors (Lipinski definition) is 0. The zero-order valence-corrected chi connectivity index (χ0v) is 16.9.